The number of aromatic nitrogens is 3. The average Bonchev–Trinajstić information content (AvgIpc) is 3.56. The van der Waals surface area contributed by atoms with Gasteiger partial charge in [-0.15, -0.1) is 5.10 Å². The number of rotatable bonds is 21. The molecule has 3 amide bonds. The second-order valence-electron chi connectivity index (χ2n) is 12.7. The standard InChI is InChI=1S/C35H45BN6O8S/c1-22-6-8-23(9-7-22)35(2,24-10-12-27(43)13-11-24)15-14-30(44)38-28(33(47)48)18-32(46)39-29(34(49)50)17-31(45)37-25(19-36)5-3-4-16-42-20-26(21-51)40-41-42/h6-13,20,25,28-29,43,51H,3-5,14-19,21H2,1-2H3,(H,37,45)(H,38,44)(H,39,46)(H,47,48)(H,49,50)/t25-,28-,29-,35?/m0/s1. The topological polar surface area (TPSA) is 213 Å². The van der Waals surface area contributed by atoms with Gasteiger partial charge in [-0.25, -0.2) is 9.59 Å². The van der Waals surface area contributed by atoms with Crippen LogP contribution in [0.1, 0.15) is 74.3 Å². The molecule has 0 aliphatic rings. The summed E-state index contributed by atoms with van der Waals surface area (Å²) in [6.07, 6.45) is 2.67. The molecule has 14 nitrogen and oxygen atoms in total. The van der Waals surface area contributed by atoms with Crippen LogP contribution in [0.5, 0.6) is 5.75 Å². The van der Waals surface area contributed by atoms with E-state index in [0.29, 0.717) is 25.1 Å². The number of carboxylic acids is 2. The van der Waals surface area contributed by atoms with Gasteiger partial charge >= 0.3 is 11.9 Å². The molecule has 2 aromatic carbocycles. The first kappa shape index (κ1) is 40.6. The molecule has 3 rings (SSSR count). The highest BCUT2D eigenvalue weighted by Gasteiger charge is 2.32. The minimum atomic E-state index is -1.65. The van der Waals surface area contributed by atoms with Gasteiger partial charge in [-0.3, -0.25) is 19.1 Å². The Bertz CT molecular complexity index is 1590. The Kier molecular flexibility index (Phi) is 15.5. The second-order valence-corrected chi connectivity index (χ2v) is 13.0. The predicted octanol–water partition coefficient (Wildman–Crippen LogP) is 2.67. The summed E-state index contributed by atoms with van der Waals surface area (Å²) in [5.41, 5.74) is 2.87. The van der Waals surface area contributed by atoms with Gasteiger partial charge < -0.3 is 31.3 Å². The maximum Gasteiger partial charge on any atom is 0.326 e. The van der Waals surface area contributed by atoms with Crippen molar-refractivity contribution < 1.29 is 39.3 Å². The zero-order valence-electron chi connectivity index (χ0n) is 28.7. The first-order chi connectivity index (χ1) is 24.2. The molecule has 0 fully saturated rings. The fourth-order valence-corrected chi connectivity index (χ4v) is 5.73. The summed E-state index contributed by atoms with van der Waals surface area (Å²) in [6.45, 7) is 4.51. The van der Waals surface area contributed by atoms with Crippen LogP contribution in [0.3, 0.4) is 0 Å². The molecule has 0 bridgehead atoms. The van der Waals surface area contributed by atoms with E-state index in [-0.39, 0.29) is 24.9 Å². The van der Waals surface area contributed by atoms with Gasteiger partial charge in [0.2, 0.25) is 17.7 Å². The summed E-state index contributed by atoms with van der Waals surface area (Å²) in [5, 5.41) is 44.5. The summed E-state index contributed by atoms with van der Waals surface area (Å²) >= 11 is 4.16. The highest BCUT2D eigenvalue weighted by molar-refractivity contribution is 7.79. The van der Waals surface area contributed by atoms with Crippen molar-refractivity contribution in [2.45, 2.75) is 101 Å². The second kappa shape index (κ2) is 19.5. The Labute approximate surface area is 303 Å². The number of carboxylic acid groups (broad SMARTS) is 2. The lowest BCUT2D eigenvalue weighted by Crippen LogP contribution is -2.49. The number of hydrogen-bond acceptors (Lipinski definition) is 9. The zero-order chi connectivity index (χ0) is 37.6. The molecule has 0 saturated carbocycles. The number of phenols is 1. The quantitative estimate of drug-likeness (QED) is 0.0486. The average molecular weight is 721 g/mol. The lowest BCUT2D eigenvalue weighted by Gasteiger charge is -2.31. The third kappa shape index (κ3) is 12.8. The number of thiol groups is 1. The van der Waals surface area contributed by atoms with Crippen LogP contribution in [-0.2, 0) is 41.7 Å². The molecular weight excluding hydrogens is 675 g/mol. The number of hydrogen-bond donors (Lipinski definition) is 7. The molecule has 3 aromatic rings. The predicted molar refractivity (Wildman–Crippen MR) is 192 cm³/mol. The van der Waals surface area contributed by atoms with E-state index in [0.717, 1.165) is 28.8 Å². The van der Waals surface area contributed by atoms with Crippen LogP contribution in [0.4, 0.5) is 0 Å². The van der Waals surface area contributed by atoms with Gasteiger partial charge in [-0.1, -0.05) is 60.4 Å². The van der Waals surface area contributed by atoms with Crippen molar-refractivity contribution in [3.8, 4) is 5.75 Å². The fraction of sp³-hybridized carbons (Fsp3) is 0.457. The number of carbonyl (C=O) groups excluding carboxylic acids is 3. The lowest BCUT2D eigenvalue weighted by atomic mass is 9.73. The van der Waals surface area contributed by atoms with Crippen LogP contribution < -0.4 is 16.0 Å². The van der Waals surface area contributed by atoms with E-state index in [1.807, 2.05) is 38.1 Å². The maximum atomic E-state index is 13.0. The number of unbranched alkanes of at least 4 members (excludes halogenated alkanes) is 1. The molecule has 1 aromatic heterocycles. The number of nitrogens with zero attached hydrogens (tertiary/aromatic N) is 3. The molecule has 2 radical (unpaired) electrons. The van der Waals surface area contributed by atoms with Gasteiger partial charge in [-0.2, -0.15) is 12.6 Å². The Balaban J connectivity index is 1.53. The minimum Gasteiger partial charge on any atom is -0.508 e. The molecule has 0 spiro atoms. The normalized spacial score (nSPS) is 14.0. The van der Waals surface area contributed by atoms with Crippen molar-refractivity contribution in [1.29, 1.82) is 0 Å². The van der Waals surface area contributed by atoms with E-state index in [2.05, 4.69) is 38.9 Å². The molecule has 51 heavy (non-hydrogen) atoms. The van der Waals surface area contributed by atoms with E-state index >= 15 is 0 Å². The molecule has 0 aliphatic carbocycles. The molecule has 4 atom stereocenters. The Hall–Kier alpha value is -4.86. The number of nitrogens with one attached hydrogen (secondary N) is 3. The zero-order valence-corrected chi connectivity index (χ0v) is 29.6. The minimum absolute atomic E-state index is 0.0887. The summed E-state index contributed by atoms with van der Waals surface area (Å²) < 4.78 is 1.70. The van der Waals surface area contributed by atoms with Crippen molar-refractivity contribution >= 4 is 50.1 Å². The van der Waals surface area contributed by atoms with E-state index in [9.17, 15) is 39.3 Å². The van der Waals surface area contributed by atoms with Crippen molar-refractivity contribution in [2.75, 3.05) is 0 Å². The summed E-state index contributed by atoms with van der Waals surface area (Å²) in [4.78, 5) is 62.4. The highest BCUT2D eigenvalue weighted by Crippen LogP contribution is 2.37. The molecular formula is C35H45BN6O8S. The number of amides is 3. The van der Waals surface area contributed by atoms with Gasteiger partial charge in [0.05, 0.1) is 26.4 Å². The third-order valence-corrected chi connectivity index (χ3v) is 9.00. The number of aromatic hydroxyl groups is 1. The smallest absolute Gasteiger partial charge is 0.326 e. The Morgan fingerprint density at radius 2 is 1.41 bits per heavy atom. The number of phenolic OH excluding ortho intramolecular Hbond substituents is 1. The fourth-order valence-electron chi connectivity index (χ4n) is 5.58. The van der Waals surface area contributed by atoms with E-state index < -0.39 is 66.0 Å². The van der Waals surface area contributed by atoms with Gasteiger partial charge in [0.1, 0.15) is 17.8 Å². The molecule has 16 heteroatoms. The lowest BCUT2D eigenvalue weighted by molar-refractivity contribution is -0.145. The Morgan fingerprint density at radius 3 is 1.94 bits per heavy atom. The molecule has 1 heterocycles. The van der Waals surface area contributed by atoms with Crippen LogP contribution in [-0.4, -0.2) is 85.9 Å². The van der Waals surface area contributed by atoms with Gasteiger partial charge in [0.25, 0.3) is 0 Å². The molecule has 272 valence electrons. The van der Waals surface area contributed by atoms with Crippen LogP contribution in [0.2, 0.25) is 6.32 Å². The van der Waals surface area contributed by atoms with Crippen molar-refractivity contribution in [2.24, 2.45) is 0 Å². The summed E-state index contributed by atoms with van der Waals surface area (Å²) in [7, 11) is 5.81. The van der Waals surface area contributed by atoms with E-state index in [1.165, 1.54) is 0 Å². The largest absolute Gasteiger partial charge is 0.508 e. The van der Waals surface area contributed by atoms with Crippen LogP contribution in [0.25, 0.3) is 0 Å². The third-order valence-electron chi connectivity index (χ3n) is 8.68. The van der Waals surface area contributed by atoms with Crippen LogP contribution >= 0.6 is 12.6 Å². The van der Waals surface area contributed by atoms with Crippen molar-refractivity contribution in [3.63, 3.8) is 0 Å². The Morgan fingerprint density at radius 1 is 0.863 bits per heavy atom. The van der Waals surface area contributed by atoms with Crippen molar-refractivity contribution in [3.05, 3.63) is 77.1 Å². The highest BCUT2D eigenvalue weighted by atomic mass is 32.1. The van der Waals surface area contributed by atoms with Crippen molar-refractivity contribution in [1.82, 2.24) is 30.9 Å². The van der Waals surface area contributed by atoms with E-state index in [1.54, 1.807) is 35.1 Å². The molecule has 0 saturated heterocycles. The van der Waals surface area contributed by atoms with Gasteiger partial charge in [-0.05, 0) is 55.9 Å². The number of carbonyl (C=O) groups is 5. The number of aryl methyl sites for hydroxylation is 2. The number of benzene rings is 2. The molecule has 1 unspecified atom stereocenters. The SMILES string of the molecule is [B]C[C@H](CCCCn1cc(CS)nn1)NC(=O)C[C@H](NC(=O)C[C@H](NC(=O)CCC(C)(c1ccc(C)cc1)c1ccc(O)cc1)C(=O)O)C(=O)O. The van der Waals surface area contributed by atoms with Gasteiger partial charge in [0, 0.05) is 36.4 Å². The first-order valence-electron chi connectivity index (χ1n) is 16.6. The van der Waals surface area contributed by atoms with Crippen LogP contribution in [0.15, 0.2) is 54.7 Å². The monoisotopic (exact) mass is 720 g/mol. The van der Waals surface area contributed by atoms with Crippen LogP contribution in [0, 0.1) is 6.92 Å². The van der Waals surface area contributed by atoms with E-state index in [4.69, 9.17) is 7.85 Å². The first-order valence-corrected chi connectivity index (χ1v) is 17.3. The van der Waals surface area contributed by atoms with Gasteiger partial charge in [0.15, 0.2) is 0 Å². The summed E-state index contributed by atoms with van der Waals surface area (Å²) in [5.74, 6) is -4.66. The molecule has 0 aliphatic heterocycles. The molecule has 6 N–H and O–H groups in total. The number of aliphatic carboxylic acids is 2. The maximum absolute atomic E-state index is 13.0. The summed E-state index contributed by atoms with van der Waals surface area (Å²) in [6, 6.07) is 10.7.